The van der Waals surface area contributed by atoms with Crippen molar-refractivity contribution in [3.8, 4) is 0 Å². The average molecular weight is 278 g/mol. The second-order valence-electron chi connectivity index (χ2n) is 5.02. The Hall–Kier alpha value is -2.08. The lowest BCUT2D eigenvalue weighted by Crippen LogP contribution is -1.75. The minimum Gasteiger partial charge on any atom is -0.0985 e. The molecule has 0 saturated heterocycles. The predicted octanol–water partition coefficient (Wildman–Crippen LogP) is 6.53. The summed E-state index contributed by atoms with van der Waals surface area (Å²) in [5.74, 6) is 0. The summed E-state index contributed by atoms with van der Waals surface area (Å²) in [6.45, 7) is 7.99. The van der Waals surface area contributed by atoms with Crippen LogP contribution in [0.2, 0.25) is 0 Å². The van der Waals surface area contributed by atoms with Gasteiger partial charge in [-0.3, -0.25) is 0 Å². The van der Waals surface area contributed by atoms with Gasteiger partial charge in [0.05, 0.1) is 0 Å². The van der Waals surface area contributed by atoms with Gasteiger partial charge in [0.1, 0.15) is 0 Å². The Balaban J connectivity index is 0.000000219. The van der Waals surface area contributed by atoms with Crippen LogP contribution in [0.1, 0.15) is 42.9 Å². The molecule has 2 aromatic rings. The summed E-state index contributed by atoms with van der Waals surface area (Å²) in [6, 6.07) is 18.6. The maximum absolute atomic E-state index is 3.69. The Morgan fingerprint density at radius 1 is 0.952 bits per heavy atom. The van der Waals surface area contributed by atoms with Crippen molar-refractivity contribution < 1.29 is 0 Å². The molecule has 0 aliphatic rings. The minimum atomic E-state index is 1.20. The fraction of sp³-hybridized carbons (Fsp3) is 0.238. The molecule has 0 heteroatoms. The first-order valence-corrected chi connectivity index (χ1v) is 7.67. The number of unbranched alkanes of at least 4 members (excludes halogenated alkanes) is 2. The van der Waals surface area contributed by atoms with Crippen LogP contribution in [0.5, 0.6) is 0 Å². The highest BCUT2D eigenvalue weighted by Crippen LogP contribution is 2.06. The quantitative estimate of drug-likeness (QED) is 0.545. The van der Waals surface area contributed by atoms with Crippen LogP contribution in [0.3, 0.4) is 0 Å². The third-order valence-electron chi connectivity index (χ3n) is 3.24. The Morgan fingerprint density at radius 2 is 1.62 bits per heavy atom. The maximum Gasteiger partial charge on any atom is -0.0233 e. The number of hydrogen-bond acceptors (Lipinski definition) is 0. The van der Waals surface area contributed by atoms with E-state index >= 15 is 0 Å². The van der Waals surface area contributed by atoms with E-state index in [0.717, 1.165) is 0 Å². The molecule has 2 rings (SSSR count). The van der Waals surface area contributed by atoms with Crippen molar-refractivity contribution in [1.29, 1.82) is 0 Å². The molecule has 110 valence electrons. The van der Waals surface area contributed by atoms with Crippen LogP contribution in [0.25, 0.3) is 12.2 Å². The molecule has 0 aliphatic heterocycles. The molecule has 0 nitrogen and oxygen atoms in total. The topological polar surface area (TPSA) is 0 Å². The average Bonchev–Trinajstić information content (AvgIpc) is 2.54. The van der Waals surface area contributed by atoms with Gasteiger partial charge in [-0.15, -0.1) is 0 Å². The SMILES string of the molecule is C=Cc1ccccc1C.CCCCC=Cc1ccccc1. The predicted molar refractivity (Wildman–Crippen MR) is 96.3 cm³/mol. The van der Waals surface area contributed by atoms with E-state index in [1.807, 2.05) is 24.3 Å². The number of hydrogen-bond donors (Lipinski definition) is 0. The van der Waals surface area contributed by atoms with Crippen LogP contribution in [0.4, 0.5) is 0 Å². The first-order valence-electron chi connectivity index (χ1n) is 7.67. The van der Waals surface area contributed by atoms with Crippen molar-refractivity contribution in [3.63, 3.8) is 0 Å². The second kappa shape index (κ2) is 10.7. The highest BCUT2D eigenvalue weighted by atomic mass is 13.9. The molecule has 0 spiro atoms. The molecule has 0 unspecified atom stereocenters. The van der Waals surface area contributed by atoms with Crippen molar-refractivity contribution in [2.75, 3.05) is 0 Å². The fourth-order valence-corrected chi connectivity index (χ4v) is 1.92. The molecule has 0 radical (unpaired) electrons. The van der Waals surface area contributed by atoms with Crippen molar-refractivity contribution in [2.24, 2.45) is 0 Å². The monoisotopic (exact) mass is 278 g/mol. The van der Waals surface area contributed by atoms with E-state index < -0.39 is 0 Å². The van der Waals surface area contributed by atoms with E-state index in [-0.39, 0.29) is 0 Å². The lowest BCUT2D eigenvalue weighted by Gasteiger charge is -1.95. The number of allylic oxidation sites excluding steroid dienone is 1. The van der Waals surface area contributed by atoms with Gasteiger partial charge in [0.15, 0.2) is 0 Å². The van der Waals surface area contributed by atoms with Gasteiger partial charge in [0, 0.05) is 0 Å². The number of benzene rings is 2. The summed E-state index contributed by atoms with van der Waals surface area (Å²) >= 11 is 0. The molecule has 0 aliphatic carbocycles. The van der Waals surface area contributed by atoms with Crippen LogP contribution in [0, 0.1) is 6.92 Å². The molecule has 0 heterocycles. The first-order chi connectivity index (χ1) is 10.3. The van der Waals surface area contributed by atoms with E-state index in [9.17, 15) is 0 Å². The van der Waals surface area contributed by atoms with Crippen LogP contribution >= 0.6 is 0 Å². The largest absolute Gasteiger partial charge is 0.0985 e. The number of rotatable bonds is 5. The molecule has 0 atom stereocenters. The Kier molecular flexibility index (Phi) is 8.63. The lowest BCUT2D eigenvalue weighted by molar-refractivity contribution is 0.816. The summed E-state index contributed by atoms with van der Waals surface area (Å²) in [5.41, 5.74) is 3.80. The molecule has 0 amide bonds. The molecular weight excluding hydrogens is 252 g/mol. The third kappa shape index (κ3) is 7.31. The van der Waals surface area contributed by atoms with Gasteiger partial charge in [-0.25, -0.2) is 0 Å². The third-order valence-corrected chi connectivity index (χ3v) is 3.24. The zero-order valence-corrected chi connectivity index (χ0v) is 13.3. The normalized spacial score (nSPS) is 10.0. The van der Waals surface area contributed by atoms with E-state index in [1.54, 1.807) is 0 Å². The van der Waals surface area contributed by atoms with Gasteiger partial charge in [0.2, 0.25) is 0 Å². The summed E-state index contributed by atoms with van der Waals surface area (Å²) in [7, 11) is 0. The van der Waals surface area contributed by atoms with Crippen LogP contribution in [-0.2, 0) is 0 Å². The van der Waals surface area contributed by atoms with Crippen LogP contribution in [0.15, 0.2) is 67.3 Å². The standard InChI is InChI=1S/C12H16.C9H10/c1-2-3-4-6-9-12-10-7-5-8-11-12;1-3-9-7-5-4-6-8(9)2/h5-11H,2-4H2,1H3;3-7H,1H2,2H3. The van der Waals surface area contributed by atoms with Gasteiger partial charge in [-0.05, 0) is 30.0 Å². The zero-order chi connectivity index (χ0) is 15.3. The van der Waals surface area contributed by atoms with Crippen molar-refractivity contribution in [2.45, 2.75) is 33.1 Å². The van der Waals surface area contributed by atoms with Gasteiger partial charge < -0.3 is 0 Å². The van der Waals surface area contributed by atoms with E-state index in [0.29, 0.717) is 0 Å². The number of aryl methyl sites for hydroxylation is 1. The van der Waals surface area contributed by atoms with Crippen molar-refractivity contribution in [3.05, 3.63) is 83.9 Å². The molecule has 0 aromatic heterocycles. The summed E-state index contributed by atoms with van der Waals surface area (Å²) < 4.78 is 0. The highest BCUT2D eigenvalue weighted by molar-refractivity contribution is 5.51. The Bertz CT molecular complexity index is 535. The molecule has 0 fully saturated rings. The summed E-state index contributed by atoms with van der Waals surface area (Å²) in [4.78, 5) is 0. The highest BCUT2D eigenvalue weighted by Gasteiger charge is 1.86. The van der Waals surface area contributed by atoms with Crippen LogP contribution in [-0.4, -0.2) is 0 Å². The molecule has 0 saturated carbocycles. The molecule has 0 N–H and O–H groups in total. The smallest absolute Gasteiger partial charge is 0.0233 e. The lowest BCUT2D eigenvalue weighted by atomic mass is 10.1. The van der Waals surface area contributed by atoms with Crippen molar-refractivity contribution >= 4 is 12.2 Å². The first kappa shape index (κ1) is 17.0. The Morgan fingerprint density at radius 3 is 2.19 bits per heavy atom. The van der Waals surface area contributed by atoms with Gasteiger partial charge in [-0.1, -0.05) is 99.2 Å². The zero-order valence-electron chi connectivity index (χ0n) is 13.3. The summed E-state index contributed by atoms with van der Waals surface area (Å²) in [6.07, 6.45) is 10.1. The maximum atomic E-state index is 3.69. The van der Waals surface area contributed by atoms with E-state index in [1.165, 1.54) is 36.0 Å². The molecule has 21 heavy (non-hydrogen) atoms. The van der Waals surface area contributed by atoms with E-state index in [2.05, 4.69) is 69.0 Å². The molecule has 2 aromatic carbocycles. The Labute approximate surface area is 129 Å². The van der Waals surface area contributed by atoms with Gasteiger partial charge in [-0.2, -0.15) is 0 Å². The van der Waals surface area contributed by atoms with Gasteiger partial charge >= 0.3 is 0 Å². The second-order valence-corrected chi connectivity index (χ2v) is 5.02. The van der Waals surface area contributed by atoms with Crippen molar-refractivity contribution in [1.82, 2.24) is 0 Å². The van der Waals surface area contributed by atoms with E-state index in [4.69, 9.17) is 0 Å². The van der Waals surface area contributed by atoms with Gasteiger partial charge in [0.25, 0.3) is 0 Å². The fourth-order valence-electron chi connectivity index (χ4n) is 1.92. The minimum absolute atomic E-state index is 1.20. The molecular formula is C21H26. The molecule has 0 bridgehead atoms. The summed E-state index contributed by atoms with van der Waals surface area (Å²) in [5, 5.41) is 0. The van der Waals surface area contributed by atoms with Crippen LogP contribution < -0.4 is 0 Å².